The van der Waals surface area contributed by atoms with Gasteiger partial charge in [0.1, 0.15) is 0 Å². The van der Waals surface area contributed by atoms with E-state index in [1.165, 1.54) is 12.0 Å². The summed E-state index contributed by atoms with van der Waals surface area (Å²) < 4.78 is 3.42. The van der Waals surface area contributed by atoms with Gasteiger partial charge in [-0.3, -0.25) is 4.72 Å². The molecule has 0 aliphatic heterocycles. The SMILES string of the molecule is CCCSNCC(c1ccccc1)C(C)(N)NC. The fourth-order valence-electron chi connectivity index (χ4n) is 1.85. The molecule has 4 N–H and O–H groups in total. The van der Waals surface area contributed by atoms with E-state index in [1.807, 2.05) is 20.0 Å². The van der Waals surface area contributed by atoms with Gasteiger partial charge >= 0.3 is 0 Å². The molecule has 0 radical (unpaired) electrons. The number of hydrogen-bond donors (Lipinski definition) is 3. The van der Waals surface area contributed by atoms with Crippen LogP contribution in [0.25, 0.3) is 0 Å². The normalized spacial score (nSPS) is 16.2. The lowest BCUT2D eigenvalue weighted by molar-refractivity contribution is 0.323. The van der Waals surface area contributed by atoms with Crippen LogP contribution < -0.4 is 15.8 Å². The summed E-state index contributed by atoms with van der Waals surface area (Å²) >= 11 is 1.77. The Morgan fingerprint density at radius 3 is 2.56 bits per heavy atom. The van der Waals surface area contributed by atoms with E-state index in [9.17, 15) is 0 Å². The number of rotatable bonds is 8. The number of benzene rings is 1. The van der Waals surface area contributed by atoms with Crippen molar-refractivity contribution < 1.29 is 0 Å². The molecule has 0 bridgehead atoms. The highest BCUT2D eigenvalue weighted by molar-refractivity contribution is 7.97. The van der Waals surface area contributed by atoms with Gasteiger partial charge in [-0.15, -0.1) is 0 Å². The standard InChI is InChI=1S/C14H25N3S/c1-4-10-18-17-11-13(14(2,15)16-3)12-8-6-5-7-9-12/h5-9,13,16-17H,4,10-11,15H2,1-3H3. The van der Waals surface area contributed by atoms with Crippen molar-refractivity contribution in [3.8, 4) is 0 Å². The fourth-order valence-corrected chi connectivity index (χ4v) is 2.49. The van der Waals surface area contributed by atoms with Gasteiger partial charge in [0, 0.05) is 18.2 Å². The Labute approximate surface area is 115 Å². The van der Waals surface area contributed by atoms with E-state index in [2.05, 4.69) is 41.2 Å². The highest BCUT2D eigenvalue weighted by atomic mass is 32.2. The zero-order valence-electron chi connectivity index (χ0n) is 11.6. The lowest BCUT2D eigenvalue weighted by atomic mass is 9.88. The van der Waals surface area contributed by atoms with E-state index in [4.69, 9.17) is 5.73 Å². The van der Waals surface area contributed by atoms with Gasteiger partial charge in [0.25, 0.3) is 0 Å². The van der Waals surface area contributed by atoms with Gasteiger partial charge in [0.2, 0.25) is 0 Å². The lowest BCUT2D eigenvalue weighted by Gasteiger charge is -2.34. The molecule has 0 fully saturated rings. The molecule has 0 aliphatic rings. The maximum Gasteiger partial charge on any atom is 0.0713 e. The summed E-state index contributed by atoms with van der Waals surface area (Å²) in [5.74, 6) is 1.37. The van der Waals surface area contributed by atoms with Crippen LogP contribution in [-0.2, 0) is 0 Å². The molecule has 0 aliphatic carbocycles. The smallest absolute Gasteiger partial charge is 0.0713 e. The largest absolute Gasteiger partial charge is 0.313 e. The van der Waals surface area contributed by atoms with Gasteiger partial charge in [-0.05, 0) is 26.0 Å². The van der Waals surface area contributed by atoms with Crippen LogP contribution in [0.15, 0.2) is 30.3 Å². The van der Waals surface area contributed by atoms with Crippen molar-refractivity contribution in [2.75, 3.05) is 19.3 Å². The van der Waals surface area contributed by atoms with E-state index >= 15 is 0 Å². The first-order valence-corrected chi connectivity index (χ1v) is 7.47. The van der Waals surface area contributed by atoms with Crippen molar-refractivity contribution in [3.63, 3.8) is 0 Å². The van der Waals surface area contributed by atoms with Crippen LogP contribution >= 0.6 is 11.9 Å². The molecule has 0 heterocycles. The molecule has 0 aromatic heterocycles. The molecule has 1 aromatic carbocycles. The van der Waals surface area contributed by atoms with Crippen molar-refractivity contribution in [1.82, 2.24) is 10.0 Å². The molecular weight excluding hydrogens is 242 g/mol. The van der Waals surface area contributed by atoms with Gasteiger partial charge in [-0.2, -0.15) is 0 Å². The first kappa shape index (κ1) is 15.5. The average molecular weight is 267 g/mol. The van der Waals surface area contributed by atoms with Gasteiger partial charge in [-0.1, -0.05) is 49.2 Å². The third-order valence-corrected chi connectivity index (χ3v) is 4.14. The van der Waals surface area contributed by atoms with E-state index < -0.39 is 5.66 Å². The van der Waals surface area contributed by atoms with Crippen LogP contribution in [-0.4, -0.2) is 25.0 Å². The Balaban J connectivity index is 2.70. The van der Waals surface area contributed by atoms with Crippen LogP contribution in [0, 0.1) is 0 Å². The second-order valence-corrected chi connectivity index (χ2v) is 5.68. The average Bonchev–Trinajstić information content (AvgIpc) is 2.39. The first-order valence-electron chi connectivity index (χ1n) is 6.49. The number of hydrogen-bond acceptors (Lipinski definition) is 4. The summed E-state index contributed by atoms with van der Waals surface area (Å²) in [4.78, 5) is 0. The molecule has 0 saturated carbocycles. The molecule has 2 unspecified atom stereocenters. The number of nitrogens with two attached hydrogens (primary N) is 1. The van der Waals surface area contributed by atoms with Gasteiger partial charge < -0.3 is 11.1 Å². The Kier molecular flexibility index (Phi) is 6.71. The number of likely N-dealkylation sites (N-methyl/N-ethyl adjacent to an activating group) is 1. The highest BCUT2D eigenvalue weighted by Crippen LogP contribution is 2.24. The summed E-state index contributed by atoms with van der Waals surface area (Å²) in [6, 6.07) is 10.4. The first-order chi connectivity index (χ1) is 8.61. The molecule has 1 rings (SSSR count). The van der Waals surface area contributed by atoms with Crippen molar-refractivity contribution in [3.05, 3.63) is 35.9 Å². The Morgan fingerprint density at radius 1 is 1.33 bits per heavy atom. The van der Waals surface area contributed by atoms with Crippen LogP contribution in [0.1, 0.15) is 31.7 Å². The van der Waals surface area contributed by atoms with Crippen LogP contribution in [0.2, 0.25) is 0 Å². The van der Waals surface area contributed by atoms with Crippen molar-refractivity contribution in [2.45, 2.75) is 31.8 Å². The second-order valence-electron chi connectivity index (χ2n) is 4.69. The topological polar surface area (TPSA) is 50.1 Å². The predicted molar refractivity (Wildman–Crippen MR) is 81.6 cm³/mol. The quantitative estimate of drug-likeness (QED) is 0.384. The molecule has 18 heavy (non-hydrogen) atoms. The minimum atomic E-state index is -0.416. The second kappa shape index (κ2) is 7.79. The van der Waals surface area contributed by atoms with Gasteiger partial charge in [0.15, 0.2) is 0 Å². The molecule has 3 nitrogen and oxygen atoms in total. The van der Waals surface area contributed by atoms with Crippen molar-refractivity contribution >= 4 is 11.9 Å². The molecule has 0 saturated heterocycles. The third kappa shape index (κ3) is 4.61. The van der Waals surface area contributed by atoms with Crippen LogP contribution in [0.5, 0.6) is 0 Å². The van der Waals surface area contributed by atoms with E-state index in [0.29, 0.717) is 0 Å². The summed E-state index contributed by atoms with van der Waals surface area (Å²) in [6.07, 6.45) is 1.18. The molecule has 1 aromatic rings. The minimum absolute atomic E-state index is 0.244. The molecule has 4 heteroatoms. The maximum atomic E-state index is 6.35. The summed E-state index contributed by atoms with van der Waals surface area (Å²) in [5.41, 5.74) is 7.20. The lowest BCUT2D eigenvalue weighted by Crippen LogP contribution is -2.55. The minimum Gasteiger partial charge on any atom is -0.313 e. The number of nitrogens with one attached hydrogen (secondary N) is 2. The Bertz CT molecular complexity index is 327. The van der Waals surface area contributed by atoms with E-state index in [-0.39, 0.29) is 5.92 Å². The predicted octanol–water partition coefficient (Wildman–Crippen LogP) is 2.31. The molecular formula is C14H25N3S. The third-order valence-electron chi connectivity index (χ3n) is 3.16. The molecule has 2 atom stereocenters. The van der Waals surface area contributed by atoms with Crippen LogP contribution in [0.3, 0.4) is 0 Å². The maximum absolute atomic E-state index is 6.35. The van der Waals surface area contributed by atoms with Gasteiger partial charge in [-0.25, -0.2) is 0 Å². The van der Waals surface area contributed by atoms with Crippen molar-refractivity contribution in [2.24, 2.45) is 5.73 Å². The zero-order chi connectivity index (χ0) is 13.4. The summed E-state index contributed by atoms with van der Waals surface area (Å²) in [5, 5.41) is 3.21. The molecule has 102 valence electrons. The monoisotopic (exact) mass is 267 g/mol. The molecule has 0 spiro atoms. The highest BCUT2D eigenvalue weighted by Gasteiger charge is 2.29. The van der Waals surface area contributed by atoms with E-state index in [0.717, 1.165) is 12.3 Å². The van der Waals surface area contributed by atoms with Crippen molar-refractivity contribution in [1.29, 1.82) is 0 Å². The molecule has 0 amide bonds. The summed E-state index contributed by atoms with van der Waals surface area (Å²) in [6.45, 7) is 5.09. The zero-order valence-corrected chi connectivity index (χ0v) is 12.4. The Hall–Kier alpha value is -0.550. The Morgan fingerprint density at radius 2 is 2.00 bits per heavy atom. The van der Waals surface area contributed by atoms with E-state index in [1.54, 1.807) is 11.9 Å². The van der Waals surface area contributed by atoms with Gasteiger partial charge in [0.05, 0.1) is 5.66 Å². The fraction of sp³-hybridized carbons (Fsp3) is 0.571. The van der Waals surface area contributed by atoms with Crippen LogP contribution in [0.4, 0.5) is 0 Å². The summed E-state index contributed by atoms with van der Waals surface area (Å²) in [7, 11) is 1.91.